The summed E-state index contributed by atoms with van der Waals surface area (Å²) >= 11 is 0. The maximum atomic E-state index is 13.1. The van der Waals surface area contributed by atoms with Crippen molar-refractivity contribution in [1.82, 2.24) is 4.90 Å². The van der Waals surface area contributed by atoms with Gasteiger partial charge in [-0.15, -0.1) is 12.4 Å². The van der Waals surface area contributed by atoms with E-state index >= 15 is 0 Å². The van der Waals surface area contributed by atoms with E-state index in [9.17, 15) is 9.90 Å². The third kappa shape index (κ3) is 2.42. The van der Waals surface area contributed by atoms with Gasteiger partial charge in [0, 0.05) is 30.1 Å². The largest absolute Gasteiger partial charge is 0.481 e. The fourth-order valence-electron chi connectivity index (χ4n) is 7.12. The van der Waals surface area contributed by atoms with E-state index in [0.29, 0.717) is 12.8 Å². The standard InChI is InChI=1S/C26H27NO3.ClH/c28-20-10-11-26(29)21-14-18-8-9-19(17-4-2-1-3-5-17)23-22(18)25(26,24(20)30-23)12-13-27(21)15-16-6-7-16;/h1-5,8-9,16,21,24,29H,6-7,10-15H2;1H/t21-,24+,25+,26-;/m1./s1. The SMILES string of the molecule is Cl.O=C1CC[C@@]2(O)[C@H]3Cc4ccc(-c5ccccc5)c5c4[C@@]2(CCN3CC2CC2)[C@H]1O5. The molecule has 5 heteroatoms. The maximum Gasteiger partial charge on any atom is 0.174 e. The normalized spacial score (nSPS) is 35.2. The number of piperidine rings is 1. The quantitative estimate of drug-likeness (QED) is 0.791. The topological polar surface area (TPSA) is 49.8 Å². The van der Waals surface area contributed by atoms with Crippen molar-refractivity contribution in [2.24, 2.45) is 5.92 Å². The van der Waals surface area contributed by atoms with Crippen LogP contribution in [0.3, 0.4) is 0 Å². The Bertz CT molecular complexity index is 1070. The number of Topliss-reactive ketones (excluding diaryl/α,β-unsaturated/α-hetero) is 1. The molecule has 162 valence electrons. The molecule has 1 N–H and O–H groups in total. The molecule has 3 fully saturated rings. The Morgan fingerprint density at radius 1 is 1.10 bits per heavy atom. The first-order chi connectivity index (χ1) is 14.6. The number of aliphatic hydroxyl groups is 1. The van der Waals surface area contributed by atoms with Crippen molar-refractivity contribution in [2.75, 3.05) is 13.1 Å². The van der Waals surface area contributed by atoms with Gasteiger partial charge in [-0.1, -0.05) is 42.5 Å². The van der Waals surface area contributed by atoms with E-state index in [1.165, 1.54) is 18.4 Å². The van der Waals surface area contributed by atoms with Crippen LogP contribution in [-0.2, 0) is 16.6 Å². The Labute approximate surface area is 189 Å². The lowest BCUT2D eigenvalue weighted by Crippen LogP contribution is -2.76. The lowest BCUT2D eigenvalue weighted by molar-refractivity contribution is -0.188. The van der Waals surface area contributed by atoms with Gasteiger partial charge in [0.1, 0.15) is 5.75 Å². The number of ether oxygens (including phenoxy) is 1. The number of rotatable bonds is 3. The number of carbonyl (C=O) groups is 1. The Balaban J connectivity index is 0.00000185. The van der Waals surface area contributed by atoms with Gasteiger partial charge in [0.2, 0.25) is 0 Å². The molecule has 0 radical (unpaired) electrons. The zero-order chi connectivity index (χ0) is 20.1. The van der Waals surface area contributed by atoms with Crippen molar-refractivity contribution >= 4 is 18.2 Å². The molecular formula is C26H28ClNO3. The molecule has 2 heterocycles. The van der Waals surface area contributed by atoms with Crippen LogP contribution in [0.2, 0.25) is 0 Å². The predicted molar refractivity (Wildman–Crippen MR) is 121 cm³/mol. The molecule has 0 amide bonds. The molecule has 1 saturated heterocycles. The van der Waals surface area contributed by atoms with Gasteiger partial charge in [-0.25, -0.2) is 0 Å². The molecule has 5 aliphatic rings. The molecule has 3 aliphatic carbocycles. The van der Waals surface area contributed by atoms with Gasteiger partial charge in [0.05, 0.1) is 11.0 Å². The van der Waals surface area contributed by atoms with Crippen LogP contribution in [0, 0.1) is 5.92 Å². The zero-order valence-electron chi connectivity index (χ0n) is 17.5. The fourth-order valence-corrected chi connectivity index (χ4v) is 7.12. The second-order valence-electron chi connectivity index (χ2n) is 10.1. The number of ketones is 1. The van der Waals surface area contributed by atoms with E-state index in [1.807, 2.05) is 18.2 Å². The number of likely N-dealkylation sites (tertiary alicyclic amines) is 1. The van der Waals surface area contributed by atoms with Crippen LogP contribution in [0.15, 0.2) is 42.5 Å². The highest BCUT2D eigenvalue weighted by Gasteiger charge is 2.73. The minimum atomic E-state index is -0.883. The second-order valence-corrected chi connectivity index (χ2v) is 10.1. The van der Waals surface area contributed by atoms with Gasteiger partial charge in [-0.05, 0) is 55.7 Å². The van der Waals surface area contributed by atoms with Crippen LogP contribution in [0.25, 0.3) is 11.1 Å². The average molecular weight is 438 g/mol. The zero-order valence-corrected chi connectivity index (χ0v) is 18.4. The van der Waals surface area contributed by atoms with E-state index in [1.54, 1.807) is 0 Å². The van der Waals surface area contributed by atoms with Crippen molar-refractivity contribution in [2.45, 2.75) is 61.7 Å². The fraction of sp³-hybridized carbons (Fsp3) is 0.500. The highest BCUT2D eigenvalue weighted by Crippen LogP contribution is 2.64. The van der Waals surface area contributed by atoms with Crippen LogP contribution in [0.4, 0.5) is 0 Å². The molecule has 0 unspecified atom stereocenters. The van der Waals surface area contributed by atoms with E-state index in [2.05, 4.69) is 29.2 Å². The molecule has 2 saturated carbocycles. The molecule has 2 aromatic carbocycles. The average Bonchev–Trinajstić information content (AvgIpc) is 3.50. The molecule has 1 spiro atoms. The summed E-state index contributed by atoms with van der Waals surface area (Å²) < 4.78 is 6.54. The first-order valence-electron chi connectivity index (χ1n) is 11.5. The predicted octanol–water partition coefficient (Wildman–Crippen LogP) is 3.91. The van der Waals surface area contributed by atoms with E-state index in [-0.39, 0.29) is 24.2 Å². The van der Waals surface area contributed by atoms with Crippen molar-refractivity contribution in [3.8, 4) is 16.9 Å². The van der Waals surface area contributed by atoms with Crippen LogP contribution >= 0.6 is 12.4 Å². The summed E-state index contributed by atoms with van der Waals surface area (Å²) in [6.07, 6.45) is 4.73. The number of carbonyl (C=O) groups excluding carboxylic acids is 1. The Kier molecular flexibility index (Phi) is 4.19. The molecule has 4 atom stereocenters. The Hall–Kier alpha value is -1.88. The third-order valence-corrected chi connectivity index (χ3v) is 8.66. The highest BCUT2D eigenvalue weighted by molar-refractivity contribution is 5.91. The molecule has 2 aliphatic heterocycles. The molecule has 7 rings (SSSR count). The van der Waals surface area contributed by atoms with Gasteiger partial charge in [-0.3, -0.25) is 9.69 Å². The van der Waals surface area contributed by atoms with E-state index in [4.69, 9.17) is 4.74 Å². The van der Waals surface area contributed by atoms with Gasteiger partial charge in [0.25, 0.3) is 0 Å². The lowest BCUT2D eigenvalue weighted by atomic mass is 9.49. The number of nitrogens with zero attached hydrogens (tertiary/aromatic N) is 1. The van der Waals surface area contributed by atoms with Gasteiger partial charge in [0.15, 0.2) is 11.9 Å². The van der Waals surface area contributed by atoms with Gasteiger partial charge < -0.3 is 9.84 Å². The van der Waals surface area contributed by atoms with Crippen molar-refractivity contribution in [1.29, 1.82) is 0 Å². The van der Waals surface area contributed by atoms with Crippen LogP contribution in [0.5, 0.6) is 5.75 Å². The molecule has 2 bridgehead atoms. The third-order valence-electron chi connectivity index (χ3n) is 8.66. The van der Waals surface area contributed by atoms with E-state index < -0.39 is 17.1 Å². The molecule has 4 nitrogen and oxygen atoms in total. The second kappa shape index (κ2) is 6.57. The number of halogens is 1. The molecule has 2 aromatic rings. The molecular weight excluding hydrogens is 410 g/mol. The molecule has 31 heavy (non-hydrogen) atoms. The summed E-state index contributed by atoms with van der Waals surface area (Å²) in [5.74, 6) is 1.81. The minimum absolute atomic E-state index is 0. The number of hydrogen-bond donors (Lipinski definition) is 1. The summed E-state index contributed by atoms with van der Waals surface area (Å²) in [4.78, 5) is 15.7. The molecule has 0 aromatic heterocycles. The first kappa shape index (κ1) is 19.8. The van der Waals surface area contributed by atoms with Crippen molar-refractivity contribution in [3.05, 3.63) is 53.6 Å². The van der Waals surface area contributed by atoms with Crippen LogP contribution in [-0.4, -0.2) is 46.6 Å². The summed E-state index contributed by atoms with van der Waals surface area (Å²) in [7, 11) is 0. The highest BCUT2D eigenvalue weighted by atomic mass is 35.5. The van der Waals surface area contributed by atoms with Gasteiger partial charge in [-0.2, -0.15) is 0 Å². The number of benzene rings is 2. The van der Waals surface area contributed by atoms with Crippen molar-refractivity contribution < 1.29 is 14.6 Å². The lowest BCUT2D eigenvalue weighted by Gasteiger charge is -2.62. The van der Waals surface area contributed by atoms with Crippen LogP contribution < -0.4 is 4.74 Å². The van der Waals surface area contributed by atoms with Crippen molar-refractivity contribution in [3.63, 3.8) is 0 Å². The Morgan fingerprint density at radius 2 is 1.90 bits per heavy atom. The monoisotopic (exact) mass is 437 g/mol. The summed E-state index contributed by atoms with van der Waals surface area (Å²) in [6.45, 7) is 2.04. The van der Waals surface area contributed by atoms with Crippen LogP contribution in [0.1, 0.15) is 43.2 Å². The smallest absolute Gasteiger partial charge is 0.174 e. The van der Waals surface area contributed by atoms with Gasteiger partial charge >= 0.3 is 0 Å². The minimum Gasteiger partial charge on any atom is -0.481 e. The Morgan fingerprint density at radius 3 is 2.68 bits per heavy atom. The summed E-state index contributed by atoms with van der Waals surface area (Å²) in [5, 5.41) is 12.3. The maximum absolute atomic E-state index is 13.1. The summed E-state index contributed by atoms with van der Waals surface area (Å²) in [5.41, 5.74) is 3.11. The summed E-state index contributed by atoms with van der Waals surface area (Å²) in [6, 6.07) is 14.8. The number of hydrogen-bond acceptors (Lipinski definition) is 4. The van der Waals surface area contributed by atoms with E-state index in [0.717, 1.165) is 54.3 Å². The first-order valence-corrected chi connectivity index (χ1v) is 11.5.